The molecule has 128 valence electrons. The highest BCUT2D eigenvalue weighted by molar-refractivity contribution is 5.73. The first-order valence-corrected chi connectivity index (χ1v) is 7.16. The van der Waals surface area contributed by atoms with E-state index in [9.17, 15) is 20.1 Å². The fourth-order valence-electron chi connectivity index (χ4n) is 2.36. The Morgan fingerprint density at radius 2 is 1.83 bits per heavy atom. The third-order valence-electron chi connectivity index (χ3n) is 3.56. The summed E-state index contributed by atoms with van der Waals surface area (Å²) in [6.45, 7) is 0.787. The smallest absolute Gasteiger partial charge is 0.223 e. The van der Waals surface area contributed by atoms with Gasteiger partial charge in [-0.25, -0.2) is 0 Å². The topological polar surface area (TPSA) is 117 Å². The number of hydrogen-bond acceptors (Lipinski definition) is 7. The minimum atomic E-state index is -1.34. The van der Waals surface area contributed by atoms with Crippen LogP contribution in [-0.4, -0.2) is 65.6 Å². The van der Waals surface area contributed by atoms with Gasteiger partial charge in [0.2, 0.25) is 12.2 Å². The third kappa shape index (κ3) is 4.11. The molecule has 2 rings (SSSR count). The van der Waals surface area contributed by atoms with Crippen molar-refractivity contribution in [3.8, 4) is 11.5 Å². The number of carbonyl (C=O) groups is 1. The molecule has 0 spiro atoms. The maximum Gasteiger partial charge on any atom is 0.223 e. The molecule has 4 N–H and O–H groups in total. The first-order valence-electron chi connectivity index (χ1n) is 7.16. The molecule has 1 amide bonds. The van der Waals surface area contributed by atoms with Gasteiger partial charge in [-0.15, -0.1) is 0 Å². The minimum absolute atomic E-state index is 0.407. The molecule has 0 saturated carbocycles. The Labute approximate surface area is 133 Å². The highest BCUT2D eigenvalue weighted by Crippen LogP contribution is 2.25. The standard InChI is InChI=1S/C15H21NO7/c1-8(18)16-12-14(20)13(19)11(7-17)23-15(12)22-10-5-3-9(21-2)4-6-10/h3-6,11-15,17,19-20H,7H2,1-2H3,(H,16,18)/t11?,12-,13?,14?,15?/m0/s1. The number of carbonyl (C=O) groups excluding carboxylic acids is 1. The van der Waals surface area contributed by atoms with Crippen LogP contribution in [-0.2, 0) is 9.53 Å². The van der Waals surface area contributed by atoms with Gasteiger partial charge in [0, 0.05) is 6.92 Å². The number of hydrogen-bond donors (Lipinski definition) is 4. The zero-order chi connectivity index (χ0) is 17.0. The third-order valence-corrected chi connectivity index (χ3v) is 3.56. The van der Waals surface area contributed by atoms with Crippen molar-refractivity contribution in [3.63, 3.8) is 0 Å². The molecule has 0 bridgehead atoms. The lowest BCUT2D eigenvalue weighted by Gasteiger charge is -2.42. The van der Waals surface area contributed by atoms with Gasteiger partial charge in [-0.05, 0) is 24.3 Å². The predicted octanol–water partition coefficient (Wildman–Crippen LogP) is -0.982. The molecule has 5 atom stereocenters. The summed E-state index contributed by atoms with van der Waals surface area (Å²) in [4.78, 5) is 11.3. The van der Waals surface area contributed by atoms with E-state index in [4.69, 9.17) is 14.2 Å². The van der Waals surface area contributed by atoms with Crippen molar-refractivity contribution >= 4 is 5.91 Å². The summed E-state index contributed by atoms with van der Waals surface area (Å²) in [5.41, 5.74) is 0. The molecule has 1 saturated heterocycles. The summed E-state index contributed by atoms with van der Waals surface area (Å²) in [7, 11) is 1.54. The van der Waals surface area contributed by atoms with Crippen molar-refractivity contribution in [2.45, 2.75) is 37.6 Å². The van der Waals surface area contributed by atoms with Crippen molar-refractivity contribution in [2.75, 3.05) is 13.7 Å². The van der Waals surface area contributed by atoms with E-state index in [-0.39, 0.29) is 0 Å². The predicted molar refractivity (Wildman–Crippen MR) is 79.0 cm³/mol. The molecule has 1 aliphatic rings. The van der Waals surface area contributed by atoms with E-state index in [0.29, 0.717) is 11.5 Å². The quantitative estimate of drug-likeness (QED) is 0.549. The van der Waals surface area contributed by atoms with Gasteiger partial charge in [0.15, 0.2) is 0 Å². The Morgan fingerprint density at radius 1 is 1.22 bits per heavy atom. The van der Waals surface area contributed by atoms with Crippen LogP contribution in [0.25, 0.3) is 0 Å². The van der Waals surface area contributed by atoms with Crippen LogP contribution in [0.1, 0.15) is 6.92 Å². The van der Waals surface area contributed by atoms with Crippen LogP contribution in [0.3, 0.4) is 0 Å². The van der Waals surface area contributed by atoms with Crippen molar-refractivity contribution in [2.24, 2.45) is 0 Å². The highest BCUT2D eigenvalue weighted by atomic mass is 16.7. The van der Waals surface area contributed by atoms with E-state index >= 15 is 0 Å². The SMILES string of the molecule is COc1ccc(OC2OC(CO)C(O)C(O)[C@@H]2NC(C)=O)cc1. The van der Waals surface area contributed by atoms with Crippen LogP contribution in [0.5, 0.6) is 11.5 Å². The molecule has 4 unspecified atom stereocenters. The lowest BCUT2D eigenvalue weighted by atomic mass is 9.97. The fourth-order valence-corrected chi connectivity index (χ4v) is 2.36. The average Bonchev–Trinajstić information content (AvgIpc) is 2.54. The summed E-state index contributed by atoms with van der Waals surface area (Å²) in [6.07, 6.45) is -4.76. The van der Waals surface area contributed by atoms with Gasteiger partial charge in [-0.1, -0.05) is 0 Å². The molecule has 1 aromatic carbocycles. The molecule has 8 nitrogen and oxygen atoms in total. The number of aliphatic hydroxyl groups is 3. The number of methoxy groups -OCH3 is 1. The summed E-state index contributed by atoms with van der Waals surface area (Å²) in [5.74, 6) is 0.658. The van der Waals surface area contributed by atoms with E-state index in [1.54, 1.807) is 24.3 Å². The second-order valence-electron chi connectivity index (χ2n) is 5.23. The molecule has 0 radical (unpaired) electrons. The van der Waals surface area contributed by atoms with Crippen LogP contribution in [0, 0.1) is 0 Å². The fraction of sp³-hybridized carbons (Fsp3) is 0.533. The summed E-state index contributed by atoms with van der Waals surface area (Å²) in [6, 6.07) is 5.66. The second kappa shape index (κ2) is 7.60. The van der Waals surface area contributed by atoms with E-state index in [1.807, 2.05) is 0 Å². The van der Waals surface area contributed by atoms with Gasteiger partial charge >= 0.3 is 0 Å². The normalized spacial score (nSPS) is 30.6. The van der Waals surface area contributed by atoms with Crippen molar-refractivity contribution in [3.05, 3.63) is 24.3 Å². The lowest BCUT2D eigenvalue weighted by molar-refractivity contribution is -0.244. The molecule has 1 heterocycles. The van der Waals surface area contributed by atoms with Gasteiger partial charge in [0.1, 0.15) is 35.9 Å². The van der Waals surface area contributed by atoms with Crippen LogP contribution < -0.4 is 14.8 Å². The zero-order valence-electron chi connectivity index (χ0n) is 12.9. The number of rotatable bonds is 5. The summed E-state index contributed by atoms with van der Waals surface area (Å²) < 4.78 is 16.2. The van der Waals surface area contributed by atoms with Crippen LogP contribution in [0.2, 0.25) is 0 Å². The molecule has 0 aromatic heterocycles. The van der Waals surface area contributed by atoms with Crippen molar-refractivity contribution < 1.29 is 34.3 Å². The van der Waals surface area contributed by atoms with E-state index in [0.717, 1.165) is 0 Å². The number of aliphatic hydroxyl groups excluding tert-OH is 3. The molecule has 8 heteroatoms. The Bertz CT molecular complexity index is 521. The van der Waals surface area contributed by atoms with E-state index < -0.39 is 43.2 Å². The van der Waals surface area contributed by atoms with Gasteiger partial charge in [0.05, 0.1) is 13.7 Å². The molecule has 1 fully saturated rings. The number of ether oxygens (including phenoxy) is 3. The molecular formula is C15H21NO7. The van der Waals surface area contributed by atoms with Gasteiger partial charge in [-0.3, -0.25) is 4.79 Å². The average molecular weight is 327 g/mol. The lowest BCUT2D eigenvalue weighted by Crippen LogP contribution is -2.65. The Morgan fingerprint density at radius 3 is 2.35 bits per heavy atom. The van der Waals surface area contributed by atoms with Crippen molar-refractivity contribution in [1.29, 1.82) is 0 Å². The molecular weight excluding hydrogens is 306 g/mol. The van der Waals surface area contributed by atoms with Gasteiger partial charge in [0.25, 0.3) is 0 Å². The Kier molecular flexibility index (Phi) is 5.78. The number of nitrogens with one attached hydrogen (secondary N) is 1. The summed E-state index contributed by atoms with van der Waals surface area (Å²) in [5, 5.41) is 31.8. The maximum atomic E-state index is 11.3. The molecule has 23 heavy (non-hydrogen) atoms. The molecule has 1 aromatic rings. The van der Waals surface area contributed by atoms with E-state index in [2.05, 4.69) is 5.32 Å². The zero-order valence-corrected chi connectivity index (χ0v) is 12.9. The molecule has 1 aliphatic heterocycles. The maximum absolute atomic E-state index is 11.3. The highest BCUT2D eigenvalue weighted by Gasteiger charge is 2.46. The van der Waals surface area contributed by atoms with Gasteiger partial charge < -0.3 is 34.8 Å². The van der Waals surface area contributed by atoms with Crippen LogP contribution >= 0.6 is 0 Å². The van der Waals surface area contributed by atoms with E-state index in [1.165, 1.54) is 14.0 Å². The second-order valence-corrected chi connectivity index (χ2v) is 5.23. The first kappa shape index (κ1) is 17.5. The van der Waals surface area contributed by atoms with Crippen LogP contribution in [0.4, 0.5) is 0 Å². The Balaban J connectivity index is 2.17. The molecule has 0 aliphatic carbocycles. The van der Waals surface area contributed by atoms with Crippen molar-refractivity contribution in [1.82, 2.24) is 5.32 Å². The summed E-state index contributed by atoms with van der Waals surface area (Å²) >= 11 is 0. The Hall–Kier alpha value is -1.87. The van der Waals surface area contributed by atoms with Crippen LogP contribution in [0.15, 0.2) is 24.3 Å². The number of amides is 1. The monoisotopic (exact) mass is 327 g/mol. The number of benzene rings is 1. The first-order chi connectivity index (χ1) is 11.0. The largest absolute Gasteiger partial charge is 0.497 e. The van der Waals surface area contributed by atoms with Gasteiger partial charge in [-0.2, -0.15) is 0 Å². The minimum Gasteiger partial charge on any atom is -0.497 e.